The molecule has 0 saturated carbocycles. The summed E-state index contributed by atoms with van der Waals surface area (Å²) in [5, 5.41) is 0. The molecule has 0 aromatic heterocycles. The topological polar surface area (TPSA) is 26.3 Å². The van der Waals surface area contributed by atoms with Crippen molar-refractivity contribution in [3.05, 3.63) is 54.3 Å². The Balaban J connectivity index is 2.05. The van der Waals surface area contributed by atoms with E-state index in [1.807, 2.05) is 36.4 Å². The van der Waals surface area contributed by atoms with E-state index in [1.54, 1.807) is 12.2 Å². The van der Waals surface area contributed by atoms with Gasteiger partial charge in [0.1, 0.15) is 22.7 Å². The Bertz CT molecular complexity index is 437. The number of halogens is 1. The third kappa shape index (κ3) is 2.52. The largest absolute Gasteiger partial charge is 0.458 e. The molecule has 0 amide bonds. The third-order valence-corrected chi connectivity index (χ3v) is 2.68. The summed E-state index contributed by atoms with van der Waals surface area (Å²) < 4.78 is 5.59. The number of allylic oxidation sites excluding steroid dienone is 3. The zero-order valence-corrected chi connectivity index (χ0v) is 9.35. The molecule has 82 valence electrons. The molecule has 16 heavy (non-hydrogen) atoms. The number of hydrogen-bond acceptors (Lipinski definition) is 2. The quantitative estimate of drug-likeness (QED) is 0.594. The van der Waals surface area contributed by atoms with Crippen LogP contribution in [0.25, 0.3) is 0 Å². The lowest BCUT2D eigenvalue weighted by Crippen LogP contribution is -2.21. The van der Waals surface area contributed by atoms with Crippen LogP contribution in [0.4, 0.5) is 0 Å². The predicted molar refractivity (Wildman–Crippen MR) is 63.6 cm³/mol. The van der Waals surface area contributed by atoms with E-state index >= 15 is 0 Å². The van der Waals surface area contributed by atoms with Crippen LogP contribution in [0.1, 0.15) is 6.42 Å². The van der Waals surface area contributed by atoms with Gasteiger partial charge in [0.15, 0.2) is 0 Å². The van der Waals surface area contributed by atoms with Crippen molar-refractivity contribution in [2.75, 3.05) is 0 Å². The van der Waals surface area contributed by atoms with Gasteiger partial charge in [0.25, 0.3) is 0 Å². The maximum absolute atomic E-state index is 10.7. The third-order valence-electron chi connectivity index (χ3n) is 2.32. The van der Waals surface area contributed by atoms with Crippen LogP contribution >= 0.6 is 11.6 Å². The number of benzene rings is 1. The molecule has 0 N–H and O–H groups in total. The molecule has 2 rings (SSSR count). The minimum atomic E-state index is -0.899. The van der Waals surface area contributed by atoms with E-state index in [0.717, 1.165) is 12.0 Å². The fourth-order valence-corrected chi connectivity index (χ4v) is 1.54. The first-order chi connectivity index (χ1) is 7.72. The molecule has 1 aromatic carbocycles. The zero-order chi connectivity index (χ0) is 11.4. The molecule has 0 saturated heterocycles. The number of aldehydes is 1. The normalized spacial score (nSPS) is 23.7. The Kier molecular flexibility index (Phi) is 3.11. The highest BCUT2D eigenvalue weighted by Crippen LogP contribution is 2.26. The maximum Gasteiger partial charge on any atom is 0.145 e. The van der Waals surface area contributed by atoms with E-state index < -0.39 is 4.87 Å². The fourth-order valence-electron chi connectivity index (χ4n) is 1.40. The number of para-hydroxylation sites is 1. The summed E-state index contributed by atoms with van der Waals surface area (Å²) in [6.07, 6.45) is 6.38. The minimum Gasteiger partial charge on any atom is -0.458 e. The summed E-state index contributed by atoms with van der Waals surface area (Å²) in [6.45, 7) is 0. The highest BCUT2D eigenvalue weighted by atomic mass is 35.5. The second-order valence-corrected chi connectivity index (χ2v) is 4.31. The van der Waals surface area contributed by atoms with Gasteiger partial charge in [-0.25, -0.2) is 0 Å². The number of hydrogen-bond donors (Lipinski definition) is 0. The zero-order valence-electron chi connectivity index (χ0n) is 8.60. The standard InChI is InChI=1S/C13H11ClO2/c14-13(10-15)8-6-12(7-9-13)16-11-4-2-1-3-5-11/h1-8,10H,9H2/t13-/m0/s1. The SMILES string of the molecule is O=C[C@]1(Cl)C=CC(Oc2ccccc2)=CC1. The van der Waals surface area contributed by atoms with Crippen molar-refractivity contribution in [2.45, 2.75) is 11.3 Å². The van der Waals surface area contributed by atoms with Gasteiger partial charge in [-0.2, -0.15) is 0 Å². The summed E-state index contributed by atoms with van der Waals surface area (Å²) in [5.74, 6) is 1.48. The lowest BCUT2D eigenvalue weighted by molar-refractivity contribution is -0.109. The monoisotopic (exact) mass is 234 g/mol. The van der Waals surface area contributed by atoms with Gasteiger partial charge in [-0.05, 0) is 30.7 Å². The molecule has 2 nitrogen and oxygen atoms in total. The van der Waals surface area contributed by atoms with E-state index in [9.17, 15) is 4.79 Å². The first kappa shape index (κ1) is 11.0. The Morgan fingerprint density at radius 1 is 1.31 bits per heavy atom. The second kappa shape index (κ2) is 4.54. The number of alkyl halides is 1. The van der Waals surface area contributed by atoms with Crippen molar-refractivity contribution in [2.24, 2.45) is 0 Å². The van der Waals surface area contributed by atoms with Gasteiger partial charge in [0.2, 0.25) is 0 Å². The summed E-state index contributed by atoms with van der Waals surface area (Å²) in [4.78, 5) is 9.79. The first-order valence-corrected chi connectivity index (χ1v) is 5.37. The Morgan fingerprint density at radius 2 is 2.06 bits per heavy atom. The van der Waals surface area contributed by atoms with Gasteiger partial charge in [-0.3, -0.25) is 0 Å². The molecule has 1 aliphatic rings. The van der Waals surface area contributed by atoms with Crippen LogP contribution < -0.4 is 4.74 Å². The van der Waals surface area contributed by atoms with E-state index in [0.29, 0.717) is 12.2 Å². The molecule has 3 heteroatoms. The van der Waals surface area contributed by atoms with Gasteiger partial charge in [0, 0.05) is 0 Å². The van der Waals surface area contributed by atoms with Crippen LogP contribution in [0.5, 0.6) is 5.75 Å². The van der Waals surface area contributed by atoms with Crippen molar-refractivity contribution in [1.82, 2.24) is 0 Å². The van der Waals surface area contributed by atoms with Crippen LogP contribution in [-0.4, -0.2) is 11.2 Å². The van der Waals surface area contributed by atoms with E-state index in [2.05, 4.69) is 0 Å². The average Bonchev–Trinajstić information content (AvgIpc) is 2.34. The summed E-state index contributed by atoms with van der Waals surface area (Å²) in [6, 6.07) is 9.47. The number of carbonyl (C=O) groups excluding carboxylic acids is 1. The molecule has 0 fully saturated rings. The number of carbonyl (C=O) groups is 1. The Morgan fingerprint density at radius 3 is 2.62 bits per heavy atom. The average molecular weight is 235 g/mol. The number of rotatable bonds is 3. The highest BCUT2D eigenvalue weighted by molar-refractivity contribution is 6.33. The van der Waals surface area contributed by atoms with Gasteiger partial charge in [-0.1, -0.05) is 24.3 Å². The van der Waals surface area contributed by atoms with Crippen LogP contribution in [0.3, 0.4) is 0 Å². The molecule has 0 bridgehead atoms. The summed E-state index contributed by atoms with van der Waals surface area (Å²) in [7, 11) is 0. The van der Waals surface area contributed by atoms with Gasteiger partial charge in [-0.15, -0.1) is 11.6 Å². The summed E-state index contributed by atoms with van der Waals surface area (Å²) >= 11 is 5.97. The molecule has 0 radical (unpaired) electrons. The van der Waals surface area contributed by atoms with Crippen LogP contribution in [0.2, 0.25) is 0 Å². The summed E-state index contributed by atoms with van der Waals surface area (Å²) in [5.41, 5.74) is 0. The smallest absolute Gasteiger partial charge is 0.145 e. The predicted octanol–water partition coefficient (Wildman–Crippen LogP) is 3.09. The van der Waals surface area contributed by atoms with Crippen molar-refractivity contribution in [3.8, 4) is 5.75 Å². The van der Waals surface area contributed by atoms with Crippen LogP contribution in [0.15, 0.2) is 54.3 Å². The van der Waals surface area contributed by atoms with Crippen LogP contribution in [-0.2, 0) is 4.79 Å². The van der Waals surface area contributed by atoms with Crippen molar-refractivity contribution < 1.29 is 9.53 Å². The van der Waals surface area contributed by atoms with Crippen molar-refractivity contribution >= 4 is 17.9 Å². The van der Waals surface area contributed by atoms with E-state index in [1.165, 1.54) is 0 Å². The molecule has 1 atom stereocenters. The van der Waals surface area contributed by atoms with Gasteiger partial charge < -0.3 is 9.53 Å². The minimum absolute atomic E-state index is 0.455. The van der Waals surface area contributed by atoms with Crippen molar-refractivity contribution in [1.29, 1.82) is 0 Å². The molecular formula is C13H11ClO2. The maximum atomic E-state index is 10.7. The van der Waals surface area contributed by atoms with Crippen LogP contribution in [0, 0.1) is 0 Å². The molecule has 0 heterocycles. The van der Waals surface area contributed by atoms with E-state index in [-0.39, 0.29) is 0 Å². The van der Waals surface area contributed by atoms with Gasteiger partial charge >= 0.3 is 0 Å². The molecule has 1 aliphatic carbocycles. The van der Waals surface area contributed by atoms with E-state index in [4.69, 9.17) is 16.3 Å². The molecule has 1 aromatic rings. The highest BCUT2D eigenvalue weighted by Gasteiger charge is 2.24. The number of ether oxygens (including phenoxy) is 1. The molecule has 0 spiro atoms. The first-order valence-electron chi connectivity index (χ1n) is 4.99. The second-order valence-electron chi connectivity index (χ2n) is 3.60. The fraction of sp³-hybridized carbons (Fsp3) is 0.154. The lowest BCUT2D eigenvalue weighted by atomic mass is 10.0. The lowest BCUT2D eigenvalue weighted by Gasteiger charge is -2.18. The molecule has 0 unspecified atom stereocenters. The Hall–Kier alpha value is -1.54. The Labute approximate surface area is 99.2 Å². The van der Waals surface area contributed by atoms with Gasteiger partial charge in [0.05, 0.1) is 0 Å². The molecule has 0 aliphatic heterocycles. The van der Waals surface area contributed by atoms with Crippen molar-refractivity contribution in [3.63, 3.8) is 0 Å². The molecular weight excluding hydrogens is 224 g/mol.